The minimum atomic E-state index is -0.287. The average Bonchev–Trinajstić information content (AvgIpc) is 3.16. The molecule has 1 aliphatic rings. The maximum absolute atomic E-state index is 13.0. The van der Waals surface area contributed by atoms with Crippen LogP contribution >= 0.6 is 31.9 Å². The molecule has 0 saturated heterocycles. The van der Waals surface area contributed by atoms with Crippen LogP contribution in [-0.4, -0.2) is 0 Å². The van der Waals surface area contributed by atoms with Crippen LogP contribution in [-0.2, 0) is 4.74 Å². The Balaban J connectivity index is 1.66. The van der Waals surface area contributed by atoms with E-state index < -0.39 is 0 Å². The zero-order chi connectivity index (χ0) is 20.5. The Bertz CT molecular complexity index is 886. The predicted molar refractivity (Wildman–Crippen MR) is 118 cm³/mol. The third-order valence-corrected chi connectivity index (χ3v) is 5.80. The van der Waals surface area contributed by atoms with Gasteiger partial charge in [-0.3, -0.25) is 0 Å². The second-order valence-electron chi connectivity index (χ2n) is 7.64. The van der Waals surface area contributed by atoms with Gasteiger partial charge in [-0.1, -0.05) is 38.6 Å². The van der Waals surface area contributed by atoms with Gasteiger partial charge in [-0.25, -0.2) is 4.39 Å². The van der Waals surface area contributed by atoms with Crippen molar-refractivity contribution in [3.05, 3.63) is 81.7 Å². The molecule has 2 nitrogen and oxygen atoms in total. The second kappa shape index (κ2) is 8.42. The van der Waals surface area contributed by atoms with Gasteiger partial charge < -0.3 is 9.47 Å². The van der Waals surface area contributed by atoms with Gasteiger partial charge in [0.2, 0.25) is 0 Å². The lowest BCUT2D eigenvalue weighted by atomic mass is 10.1. The third kappa shape index (κ3) is 4.87. The molecule has 3 unspecified atom stereocenters. The minimum Gasteiger partial charge on any atom is -0.491 e. The van der Waals surface area contributed by atoms with Gasteiger partial charge in [-0.05, 0) is 92.1 Å². The molecular weight excluding hydrogens is 487 g/mol. The molecule has 28 heavy (non-hydrogen) atoms. The van der Waals surface area contributed by atoms with Crippen LogP contribution in [0.25, 0.3) is 0 Å². The number of halogens is 3. The summed E-state index contributed by atoms with van der Waals surface area (Å²) in [6.07, 6.45) is 2.00. The van der Waals surface area contributed by atoms with E-state index in [1.54, 1.807) is 12.1 Å². The molecular formula is C23H23Br2FO2. The van der Waals surface area contributed by atoms with E-state index in [1.807, 2.05) is 31.2 Å². The summed E-state index contributed by atoms with van der Waals surface area (Å²) in [5, 5.41) is 0. The number of rotatable bonds is 7. The molecule has 2 aromatic carbocycles. The highest BCUT2D eigenvalue weighted by Gasteiger charge is 2.58. The van der Waals surface area contributed by atoms with E-state index in [2.05, 4.69) is 58.4 Å². The molecule has 1 fully saturated rings. The molecule has 0 amide bonds. The molecule has 2 aromatic rings. The van der Waals surface area contributed by atoms with Gasteiger partial charge in [0.05, 0.1) is 9.15 Å². The van der Waals surface area contributed by atoms with Crippen LogP contribution in [0.5, 0.6) is 11.5 Å². The molecule has 0 spiro atoms. The van der Waals surface area contributed by atoms with Gasteiger partial charge in [0.15, 0.2) is 0 Å². The normalized spacial score (nSPS) is 20.8. The van der Waals surface area contributed by atoms with Crippen LogP contribution in [0.15, 0.2) is 70.3 Å². The minimum absolute atomic E-state index is 0.122. The summed E-state index contributed by atoms with van der Waals surface area (Å²) in [6, 6.07) is 13.7. The summed E-state index contributed by atoms with van der Waals surface area (Å²) in [5.41, 5.74) is 1.12. The lowest BCUT2D eigenvalue weighted by molar-refractivity contribution is 0.117. The van der Waals surface area contributed by atoms with Crippen LogP contribution in [0, 0.1) is 23.1 Å². The molecule has 0 radical (unpaired) electrons. The smallest absolute Gasteiger partial charge is 0.127 e. The number of benzene rings is 2. The van der Waals surface area contributed by atoms with Crippen LogP contribution in [0.1, 0.15) is 32.4 Å². The lowest BCUT2D eigenvalue weighted by Gasteiger charge is -2.18. The molecule has 3 rings (SSSR count). The fourth-order valence-corrected chi connectivity index (χ4v) is 4.15. The molecule has 0 aliphatic heterocycles. The molecule has 0 N–H and O–H groups in total. The summed E-state index contributed by atoms with van der Waals surface area (Å²) in [5.74, 6) is 2.44. The van der Waals surface area contributed by atoms with E-state index in [9.17, 15) is 4.39 Å². The fourth-order valence-electron chi connectivity index (χ4n) is 3.58. The monoisotopic (exact) mass is 508 g/mol. The third-order valence-electron chi connectivity index (χ3n) is 5.27. The van der Waals surface area contributed by atoms with Gasteiger partial charge in [0, 0.05) is 5.92 Å². The summed E-state index contributed by atoms with van der Waals surface area (Å²) in [6.45, 7) is 10.6. The van der Waals surface area contributed by atoms with Crippen LogP contribution in [0.2, 0.25) is 0 Å². The predicted octanol–water partition coefficient (Wildman–Crippen LogP) is 8.11. The van der Waals surface area contributed by atoms with E-state index in [0.29, 0.717) is 17.4 Å². The Labute approximate surface area is 182 Å². The van der Waals surface area contributed by atoms with Crippen LogP contribution in [0.3, 0.4) is 0 Å². The number of allylic oxidation sites excluding steroid dienone is 2. The molecule has 5 heteroatoms. The first kappa shape index (κ1) is 21.1. The van der Waals surface area contributed by atoms with Gasteiger partial charge >= 0.3 is 0 Å². The Hall–Kier alpha value is -1.59. The van der Waals surface area contributed by atoms with Crippen molar-refractivity contribution in [3.63, 3.8) is 0 Å². The Morgan fingerprint density at radius 1 is 1.14 bits per heavy atom. The largest absolute Gasteiger partial charge is 0.491 e. The zero-order valence-electron chi connectivity index (χ0n) is 16.1. The average molecular weight is 510 g/mol. The van der Waals surface area contributed by atoms with Crippen molar-refractivity contribution >= 4 is 31.9 Å². The van der Waals surface area contributed by atoms with Crippen molar-refractivity contribution in [1.82, 2.24) is 0 Å². The highest BCUT2D eigenvalue weighted by molar-refractivity contribution is 9.28. The van der Waals surface area contributed by atoms with Crippen LogP contribution in [0.4, 0.5) is 4.39 Å². The molecule has 0 bridgehead atoms. The number of ether oxygens (including phenoxy) is 2. The first-order valence-corrected chi connectivity index (χ1v) is 10.7. The number of hydrogen-bond donors (Lipinski definition) is 0. The highest BCUT2D eigenvalue weighted by atomic mass is 79.9. The first-order valence-electron chi connectivity index (χ1n) is 9.10. The molecule has 0 aromatic heterocycles. The summed E-state index contributed by atoms with van der Waals surface area (Å²) < 4.78 is 26.0. The van der Waals surface area contributed by atoms with Gasteiger partial charge in [-0.15, -0.1) is 0 Å². The Morgan fingerprint density at radius 2 is 1.82 bits per heavy atom. The molecule has 1 saturated carbocycles. The van der Waals surface area contributed by atoms with E-state index in [4.69, 9.17) is 9.47 Å². The SMILES string of the molecule is C=C(OC(C)c1cccc(Oc2ccc(F)cc2)c1)C1C(C=C(Br)Br)C1(C)C. The van der Waals surface area contributed by atoms with Crippen molar-refractivity contribution in [2.75, 3.05) is 0 Å². The maximum atomic E-state index is 13.0. The summed E-state index contributed by atoms with van der Waals surface area (Å²) in [7, 11) is 0. The van der Waals surface area contributed by atoms with Gasteiger partial charge in [-0.2, -0.15) is 0 Å². The maximum Gasteiger partial charge on any atom is 0.127 e. The van der Waals surface area contributed by atoms with Crippen LogP contribution < -0.4 is 4.74 Å². The quantitative estimate of drug-likeness (QED) is 0.351. The molecule has 1 aliphatic carbocycles. The lowest BCUT2D eigenvalue weighted by Crippen LogP contribution is -2.03. The summed E-state index contributed by atoms with van der Waals surface area (Å²) >= 11 is 6.88. The second-order valence-corrected chi connectivity index (χ2v) is 10.4. The molecule has 0 heterocycles. The molecule has 148 valence electrons. The zero-order valence-corrected chi connectivity index (χ0v) is 19.3. The standard InChI is InChI=1S/C23H23Br2FO2/c1-14(27-15(2)22-20(13-21(24)25)23(22,3)4)16-6-5-7-19(12-16)28-18-10-8-17(26)9-11-18/h5-14,20,22H,2H2,1,3-4H3. The van der Waals surface area contributed by atoms with Crippen molar-refractivity contribution in [2.45, 2.75) is 26.9 Å². The fraction of sp³-hybridized carbons (Fsp3) is 0.304. The summed E-state index contributed by atoms with van der Waals surface area (Å²) in [4.78, 5) is 0. The van der Waals surface area contributed by atoms with E-state index in [-0.39, 0.29) is 23.3 Å². The van der Waals surface area contributed by atoms with Gasteiger partial charge in [0.1, 0.15) is 23.4 Å². The topological polar surface area (TPSA) is 18.5 Å². The molecule has 3 atom stereocenters. The highest BCUT2D eigenvalue weighted by Crippen LogP contribution is 2.63. The van der Waals surface area contributed by atoms with Crippen molar-refractivity contribution < 1.29 is 13.9 Å². The first-order chi connectivity index (χ1) is 13.2. The van der Waals surface area contributed by atoms with E-state index >= 15 is 0 Å². The Kier molecular flexibility index (Phi) is 6.35. The Morgan fingerprint density at radius 3 is 2.46 bits per heavy atom. The van der Waals surface area contributed by atoms with Crippen molar-refractivity contribution in [3.8, 4) is 11.5 Å². The van der Waals surface area contributed by atoms with Crippen molar-refractivity contribution in [2.24, 2.45) is 17.3 Å². The van der Waals surface area contributed by atoms with Gasteiger partial charge in [0.25, 0.3) is 0 Å². The van der Waals surface area contributed by atoms with E-state index in [0.717, 1.165) is 14.7 Å². The van der Waals surface area contributed by atoms with Crippen molar-refractivity contribution in [1.29, 1.82) is 0 Å². The number of hydrogen-bond acceptors (Lipinski definition) is 2. The van der Waals surface area contributed by atoms with E-state index in [1.165, 1.54) is 12.1 Å².